The molecule has 8 aliphatic rings. The number of aliphatic hydroxyl groups excluding tert-OH is 26. The molecule has 8 heterocycles. The summed E-state index contributed by atoms with van der Waals surface area (Å²) in [6.45, 7) is -5.86. The third-order valence-corrected chi connectivity index (χ3v) is 19.6. The first-order valence-corrected chi connectivity index (χ1v) is 34.4. The van der Waals surface area contributed by atoms with Gasteiger partial charge in [0.2, 0.25) is 17.7 Å². The fourth-order valence-corrected chi connectivity index (χ4v) is 13.7. The summed E-state index contributed by atoms with van der Waals surface area (Å²) in [5, 5.41) is 291. The van der Waals surface area contributed by atoms with Crippen molar-refractivity contribution in [3.63, 3.8) is 0 Å². The molecule has 8 aliphatic heterocycles. The molecule has 0 aromatic heterocycles. The van der Waals surface area contributed by atoms with Crippen LogP contribution in [0.3, 0.4) is 0 Å². The van der Waals surface area contributed by atoms with Crippen LogP contribution in [0.2, 0.25) is 0 Å². The van der Waals surface area contributed by atoms with E-state index in [9.17, 15) is 147 Å². The molecule has 48 nitrogen and oxygen atoms in total. The Morgan fingerprint density at radius 3 is 0.926 bits per heavy atom. The zero-order chi connectivity index (χ0) is 79.9. The Balaban J connectivity index is 0.986. The van der Waals surface area contributed by atoms with Gasteiger partial charge < -0.3 is 225 Å². The highest BCUT2D eigenvalue weighted by Gasteiger charge is 2.61. The van der Waals surface area contributed by atoms with Gasteiger partial charge in [0, 0.05) is 20.8 Å². The van der Waals surface area contributed by atoms with Crippen LogP contribution in [0.25, 0.3) is 0 Å². The fraction of sp³-hybridized carbons (Fsp3) is 0.950. The second-order valence-corrected chi connectivity index (χ2v) is 27.1. The van der Waals surface area contributed by atoms with Crippen molar-refractivity contribution < 1.29 is 223 Å². The van der Waals surface area contributed by atoms with Gasteiger partial charge in [-0.1, -0.05) is 0 Å². The van der Waals surface area contributed by atoms with Crippen molar-refractivity contribution in [2.75, 3.05) is 59.5 Å². The van der Waals surface area contributed by atoms with Crippen molar-refractivity contribution in [1.29, 1.82) is 0 Å². The van der Waals surface area contributed by atoms with E-state index in [0.717, 1.165) is 20.8 Å². The Labute approximate surface area is 612 Å². The third kappa shape index (κ3) is 20.0. The van der Waals surface area contributed by atoms with E-state index in [1.807, 2.05) is 0 Å². The SMILES string of the molecule is CC(=O)N[C@H]1[C@H](O[C@H]2[C@@H](O)[C@@H](CO)O[C@@H](O[C@@H]([C@H](O)[C@@H](O)CO)[C@H](O)CO)[C@@H]2O)O[C@H](CO)[C@@H](O[C@@H]2O[C@H](CO)[C@H](O)[C@H](O[C@@H]3O[C@H](CO)[C@@H](O[C@@H]4O[C@H](CO)[C@H](O)[C@H](O[C@@H]5O[C@H](CO)[C@@H](O[C@@H]6O[C@H](CO)[C@H](O)[C@H](O)[C@H]6O[C@@H]6O[C@@H](C)[C@@H](O)[C@@H](O)[C@@H]6O)[C@H](O)[C@H]5NC(C)=O)[C@H]4O)[C@H](O)[C@H]3NC(C)=O)[C@H]2O)[C@@H]1O. The summed E-state index contributed by atoms with van der Waals surface area (Å²) in [6, 6.07) is -5.75. The average molecular weight is 1590 g/mol. The molecule has 8 saturated heterocycles. The van der Waals surface area contributed by atoms with Gasteiger partial charge >= 0.3 is 0 Å². The lowest BCUT2D eigenvalue weighted by molar-refractivity contribution is -0.393. The lowest BCUT2D eigenvalue weighted by atomic mass is 9.93. The van der Waals surface area contributed by atoms with Crippen LogP contribution in [0.15, 0.2) is 0 Å². The fourth-order valence-electron chi connectivity index (χ4n) is 13.7. The number of hydrogen-bond donors (Lipinski definition) is 29. The minimum atomic E-state index is -2.36. The van der Waals surface area contributed by atoms with Crippen LogP contribution in [0, 0.1) is 0 Å². The van der Waals surface area contributed by atoms with Crippen LogP contribution < -0.4 is 16.0 Å². The number of amides is 3. The van der Waals surface area contributed by atoms with Crippen LogP contribution in [0.1, 0.15) is 27.7 Å². The molecule has 0 unspecified atom stereocenters. The first-order valence-electron chi connectivity index (χ1n) is 34.4. The van der Waals surface area contributed by atoms with Gasteiger partial charge in [-0.05, 0) is 6.92 Å². The molecule has 0 aliphatic carbocycles. The molecule has 29 N–H and O–H groups in total. The number of rotatable bonds is 31. The molecular weight excluding hydrogens is 1480 g/mol. The van der Waals surface area contributed by atoms with Crippen LogP contribution in [0.4, 0.5) is 0 Å². The standard InChI is InChI=1S/C60H103N3O45/c1-14-30(78)39(87)41(89)56(93-14)108-52-40(88)32(80)20(7-66)97-60(52)104-48-26(13-72)100-55(29(38(48)86)63-17(4)75)107-51-35(83)23(10-69)96-59(44(51)92)103-47-25(12-71)99-54(28(37(47)85)62-16(3)74)106-50-34(82)22(9-68)95-58(43(50)91)102-46-24(11-70)98-53(27(36(46)84)61-15(2)73)105-49-33(81)21(8-67)94-57(42(49)90)101-45(19(77)6-65)31(79)18(76)5-64/h14,18-60,64-72,76-92H,5-13H2,1-4H3,(H,61,73)(H,62,74)(H,63,75)/t14-,18-,19+,20+,21+,22+,23+,24+,25+,26+,27+,28+,29+,30+,31+,32-,33-,34-,35-,36+,37+,38+,39+,40-,41-,42+,43+,44+,45+,46+,47+,48+,49-,50-,51-,52+,53-,54-,55-,56-,57-,58-,59-,60-/m0/s1. The summed E-state index contributed by atoms with van der Waals surface area (Å²) in [4.78, 5) is 38.6. The summed E-state index contributed by atoms with van der Waals surface area (Å²) in [5.74, 6) is -2.81. The molecule has 0 aromatic rings. The minimum Gasteiger partial charge on any atom is -0.394 e. The summed E-state index contributed by atoms with van der Waals surface area (Å²) < 4.78 is 93.3. The highest BCUT2D eigenvalue weighted by atomic mass is 16.8. The normalized spacial score (nSPS) is 47.3. The molecule has 8 rings (SSSR count). The molecule has 44 atom stereocenters. The maximum Gasteiger partial charge on any atom is 0.217 e. The Kier molecular flexibility index (Phi) is 33.3. The van der Waals surface area contributed by atoms with E-state index in [1.165, 1.54) is 6.92 Å². The molecule has 0 spiro atoms. The third-order valence-electron chi connectivity index (χ3n) is 19.6. The van der Waals surface area contributed by atoms with Gasteiger partial charge in [0.25, 0.3) is 0 Å². The number of hydrogen-bond acceptors (Lipinski definition) is 45. The van der Waals surface area contributed by atoms with Crippen molar-refractivity contribution in [3.05, 3.63) is 0 Å². The number of aliphatic hydroxyl groups is 26. The van der Waals surface area contributed by atoms with Crippen LogP contribution in [-0.2, 0) is 90.2 Å². The van der Waals surface area contributed by atoms with E-state index in [1.54, 1.807) is 0 Å². The predicted octanol–water partition coefficient (Wildman–Crippen LogP) is -19.5. The number of carbonyl (C=O) groups is 3. The van der Waals surface area contributed by atoms with E-state index in [2.05, 4.69) is 16.0 Å². The van der Waals surface area contributed by atoms with Crippen molar-refractivity contribution in [3.8, 4) is 0 Å². The smallest absolute Gasteiger partial charge is 0.217 e. The molecule has 108 heavy (non-hydrogen) atoms. The van der Waals surface area contributed by atoms with E-state index < -0.39 is 347 Å². The molecule has 8 fully saturated rings. The highest BCUT2D eigenvalue weighted by Crippen LogP contribution is 2.40. The molecule has 0 bridgehead atoms. The lowest BCUT2D eigenvalue weighted by Crippen LogP contribution is -2.71. The van der Waals surface area contributed by atoms with Crippen LogP contribution in [-0.4, -0.2) is 480 Å². The van der Waals surface area contributed by atoms with E-state index >= 15 is 0 Å². The first-order chi connectivity index (χ1) is 51.1. The van der Waals surface area contributed by atoms with E-state index in [0.29, 0.717) is 0 Å². The van der Waals surface area contributed by atoms with Gasteiger partial charge in [-0.3, -0.25) is 14.4 Å². The van der Waals surface area contributed by atoms with E-state index in [4.69, 9.17) is 75.8 Å². The van der Waals surface area contributed by atoms with Gasteiger partial charge in [0.05, 0.1) is 65.6 Å². The maximum atomic E-state index is 13.0. The van der Waals surface area contributed by atoms with Crippen LogP contribution in [0.5, 0.6) is 0 Å². The van der Waals surface area contributed by atoms with Gasteiger partial charge in [-0.2, -0.15) is 0 Å². The van der Waals surface area contributed by atoms with Crippen molar-refractivity contribution >= 4 is 17.7 Å². The molecule has 48 heteroatoms. The topological polar surface area (TPSA) is 761 Å². The number of nitrogens with one attached hydrogen (secondary N) is 3. The molecule has 0 radical (unpaired) electrons. The highest BCUT2D eigenvalue weighted by molar-refractivity contribution is 5.74. The summed E-state index contributed by atoms with van der Waals surface area (Å²) in [7, 11) is 0. The van der Waals surface area contributed by atoms with Crippen LogP contribution >= 0.6 is 0 Å². The van der Waals surface area contributed by atoms with Crippen molar-refractivity contribution in [2.45, 2.75) is 298 Å². The lowest BCUT2D eigenvalue weighted by Gasteiger charge is -2.51. The molecular formula is C60H103N3O45. The maximum absolute atomic E-state index is 13.0. The zero-order valence-corrected chi connectivity index (χ0v) is 58.2. The zero-order valence-electron chi connectivity index (χ0n) is 58.2. The Morgan fingerprint density at radius 2 is 0.583 bits per heavy atom. The monoisotopic (exact) mass is 1590 g/mol. The Morgan fingerprint density at radius 1 is 0.296 bits per heavy atom. The van der Waals surface area contributed by atoms with E-state index in [-0.39, 0.29) is 0 Å². The number of carbonyl (C=O) groups excluding carboxylic acids is 3. The average Bonchev–Trinajstić information content (AvgIpc) is 0.775. The molecule has 0 saturated carbocycles. The summed E-state index contributed by atoms with van der Waals surface area (Å²) >= 11 is 0. The Bertz CT molecular complexity index is 2770. The second-order valence-electron chi connectivity index (χ2n) is 27.1. The Hall–Kier alpha value is -3.27. The van der Waals surface area contributed by atoms with Crippen molar-refractivity contribution in [2.24, 2.45) is 0 Å². The number of ether oxygens (including phenoxy) is 16. The summed E-state index contributed by atoms with van der Waals surface area (Å²) in [6.07, 6.45) is -82.8. The van der Waals surface area contributed by atoms with Gasteiger partial charge in [0.1, 0.15) is 213 Å². The largest absolute Gasteiger partial charge is 0.394 e. The second kappa shape index (κ2) is 39.9. The molecule has 3 amide bonds. The quantitative estimate of drug-likeness (QED) is 0.0306. The first kappa shape index (κ1) is 90.3. The minimum absolute atomic E-state index is 0.919. The summed E-state index contributed by atoms with van der Waals surface area (Å²) in [5.41, 5.74) is 0. The molecule has 0 aromatic carbocycles. The predicted molar refractivity (Wildman–Crippen MR) is 333 cm³/mol. The van der Waals surface area contributed by atoms with Gasteiger partial charge in [-0.15, -0.1) is 0 Å². The van der Waals surface area contributed by atoms with Gasteiger partial charge in [0.15, 0.2) is 50.3 Å². The van der Waals surface area contributed by atoms with Crippen molar-refractivity contribution in [1.82, 2.24) is 16.0 Å². The van der Waals surface area contributed by atoms with Gasteiger partial charge in [-0.25, -0.2) is 0 Å². The molecule has 628 valence electrons.